The standard InChI is InChI=1S/C22H15F3N4O2/c1-13-27-19-17(6-4-12-26-19)21(31)29(13)15-10-8-14(9-11-15)28-20(30)16-5-2-3-7-18(16)22(23,24)25/h2-12H,1H3,(H,28,30). The van der Waals surface area contributed by atoms with Crippen LogP contribution in [0.4, 0.5) is 18.9 Å². The van der Waals surface area contributed by atoms with E-state index in [-0.39, 0.29) is 11.2 Å². The average Bonchev–Trinajstić information content (AvgIpc) is 2.74. The van der Waals surface area contributed by atoms with Crippen LogP contribution in [0.15, 0.2) is 71.7 Å². The van der Waals surface area contributed by atoms with Gasteiger partial charge in [-0.3, -0.25) is 14.2 Å². The third-order valence-electron chi connectivity index (χ3n) is 4.67. The van der Waals surface area contributed by atoms with Crippen molar-refractivity contribution >= 4 is 22.6 Å². The fourth-order valence-corrected chi connectivity index (χ4v) is 3.25. The summed E-state index contributed by atoms with van der Waals surface area (Å²) in [5.41, 5.74) is -0.666. The summed E-state index contributed by atoms with van der Waals surface area (Å²) < 4.78 is 40.9. The zero-order valence-corrected chi connectivity index (χ0v) is 16.1. The van der Waals surface area contributed by atoms with Crippen LogP contribution in [0.1, 0.15) is 21.7 Å². The Bertz CT molecular complexity index is 1350. The van der Waals surface area contributed by atoms with Gasteiger partial charge in [0.1, 0.15) is 5.82 Å². The van der Waals surface area contributed by atoms with Crippen molar-refractivity contribution in [2.24, 2.45) is 0 Å². The highest BCUT2D eigenvalue weighted by atomic mass is 19.4. The molecule has 1 N–H and O–H groups in total. The van der Waals surface area contributed by atoms with E-state index in [4.69, 9.17) is 0 Å². The number of hydrogen-bond donors (Lipinski definition) is 1. The van der Waals surface area contributed by atoms with E-state index in [1.807, 2.05) is 0 Å². The molecule has 31 heavy (non-hydrogen) atoms. The van der Waals surface area contributed by atoms with Crippen molar-refractivity contribution in [3.63, 3.8) is 0 Å². The topological polar surface area (TPSA) is 76.9 Å². The molecular weight excluding hydrogens is 409 g/mol. The summed E-state index contributed by atoms with van der Waals surface area (Å²) in [6.45, 7) is 1.67. The molecule has 0 spiro atoms. The molecule has 1 amide bonds. The van der Waals surface area contributed by atoms with Crippen LogP contribution in [0.3, 0.4) is 0 Å². The van der Waals surface area contributed by atoms with Gasteiger partial charge in [-0.05, 0) is 55.5 Å². The number of pyridine rings is 1. The van der Waals surface area contributed by atoms with Crippen LogP contribution >= 0.6 is 0 Å². The number of rotatable bonds is 3. The van der Waals surface area contributed by atoms with E-state index >= 15 is 0 Å². The highest BCUT2D eigenvalue weighted by Gasteiger charge is 2.34. The summed E-state index contributed by atoms with van der Waals surface area (Å²) in [4.78, 5) is 33.7. The van der Waals surface area contributed by atoms with Gasteiger partial charge in [-0.15, -0.1) is 0 Å². The Hall–Kier alpha value is -4.01. The predicted molar refractivity (Wildman–Crippen MR) is 109 cm³/mol. The largest absolute Gasteiger partial charge is 0.417 e. The van der Waals surface area contributed by atoms with Gasteiger partial charge in [0, 0.05) is 11.9 Å². The van der Waals surface area contributed by atoms with Crippen molar-refractivity contribution in [3.8, 4) is 5.69 Å². The number of aryl methyl sites for hydroxylation is 1. The Morgan fingerprint density at radius 1 is 1.00 bits per heavy atom. The van der Waals surface area contributed by atoms with Crippen LogP contribution in [0.5, 0.6) is 0 Å². The first kappa shape index (κ1) is 20.3. The van der Waals surface area contributed by atoms with Crippen molar-refractivity contribution < 1.29 is 18.0 Å². The van der Waals surface area contributed by atoms with Gasteiger partial charge in [-0.2, -0.15) is 13.2 Å². The molecule has 6 nitrogen and oxygen atoms in total. The first-order valence-corrected chi connectivity index (χ1v) is 9.18. The number of nitrogens with zero attached hydrogens (tertiary/aromatic N) is 3. The molecule has 0 unspecified atom stereocenters. The quantitative estimate of drug-likeness (QED) is 0.530. The number of amides is 1. The molecular formula is C22H15F3N4O2. The zero-order valence-electron chi connectivity index (χ0n) is 16.1. The van der Waals surface area contributed by atoms with Crippen molar-refractivity contribution in [1.82, 2.24) is 14.5 Å². The smallest absolute Gasteiger partial charge is 0.322 e. The van der Waals surface area contributed by atoms with E-state index in [2.05, 4.69) is 15.3 Å². The number of carbonyl (C=O) groups is 1. The van der Waals surface area contributed by atoms with Gasteiger partial charge in [0.25, 0.3) is 11.5 Å². The fourth-order valence-electron chi connectivity index (χ4n) is 3.25. The molecule has 0 aliphatic rings. The van der Waals surface area contributed by atoms with Crippen molar-refractivity contribution in [1.29, 1.82) is 0 Å². The lowest BCUT2D eigenvalue weighted by Crippen LogP contribution is -2.22. The number of nitrogens with one attached hydrogen (secondary N) is 1. The minimum Gasteiger partial charge on any atom is -0.322 e. The van der Waals surface area contributed by atoms with Gasteiger partial charge in [0.2, 0.25) is 0 Å². The summed E-state index contributed by atoms with van der Waals surface area (Å²) in [7, 11) is 0. The van der Waals surface area contributed by atoms with Gasteiger partial charge in [-0.25, -0.2) is 9.97 Å². The van der Waals surface area contributed by atoms with Crippen molar-refractivity contribution in [3.05, 3.63) is 94.2 Å². The van der Waals surface area contributed by atoms with Crippen LogP contribution in [-0.4, -0.2) is 20.4 Å². The molecule has 0 bridgehead atoms. The lowest BCUT2D eigenvalue weighted by Gasteiger charge is -2.13. The van der Waals surface area contributed by atoms with Gasteiger partial charge in [0.05, 0.1) is 22.2 Å². The number of hydrogen-bond acceptors (Lipinski definition) is 4. The highest BCUT2D eigenvalue weighted by Crippen LogP contribution is 2.32. The first-order chi connectivity index (χ1) is 14.8. The maximum atomic E-state index is 13.2. The maximum Gasteiger partial charge on any atom is 0.417 e. The molecule has 0 atom stereocenters. The second-order valence-corrected chi connectivity index (χ2v) is 6.72. The van der Waals surface area contributed by atoms with Crippen LogP contribution in [0, 0.1) is 6.92 Å². The Morgan fingerprint density at radius 2 is 1.71 bits per heavy atom. The number of aromatic nitrogens is 3. The molecule has 0 saturated heterocycles. The summed E-state index contributed by atoms with van der Waals surface area (Å²) in [5.74, 6) is -0.459. The molecule has 0 saturated carbocycles. The lowest BCUT2D eigenvalue weighted by molar-refractivity contribution is -0.137. The monoisotopic (exact) mass is 424 g/mol. The Labute approximate surface area is 174 Å². The predicted octanol–water partition coefficient (Wildman–Crippen LogP) is 4.36. The summed E-state index contributed by atoms with van der Waals surface area (Å²) in [6, 6.07) is 14.0. The van der Waals surface area contributed by atoms with Crippen LogP contribution in [0.25, 0.3) is 16.7 Å². The molecule has 4 rings (SSSR count). The van der Waals surface area contributed by atoms with Crippen molar-refractivity contribution in [2.75, 3.05) is 5.32 Å². The summed E-state index contributed by atoms with van der Waals surface area (Å²) >= 11 is 0. The summed E-state index contributed by atoms with van der Waals surface area (Å²) in [5, 5.41) is 2.81. The fraction of sp³-hybridized carbons (Fsp3) is 0.0909. The van der Waals surface area contributed by atoms with Gasteiger partial charge in [-0.1, -0.05) is 12.1 Å². The number of alkyl halides is 3. The van der Waals surface area contributed by atoms with Crippen LogP contribution in [0.2, 0.25) is 0 Å². The van der Waals surface area contributed by atoms with E-state index in [1.54, 1.807) is 37.4 Å². The lowest BCUT2D eigenvalue weighted by atomic mass is 10.1. The molecule has 4 aromatic rings. The molecule has 9 heteroatoms. The molecule has 156 valence electrons. The molecule has 2 aromatic carbocycles. The number of carbonyl (C=O) groups excluding carboxylic acids is 1. The highest BCUT2D eigenvalue weighted by molar-refractivity contribution is 6.05. The van der Waals surface area contributed by atoms with Gasteiger partial charge >= 0.3 is 6.18 Å². The van der Waals surface area contributed by atoms with E-state index in [1.165, 1.54) is 28.8 Å². The molecule has 0 radical (unpaired) electrons. The third-order valence-corrected chi connectivity index (χ3v) is 4.67. The molecule has 0 aliphatic carbocycles. The molecule has 2 heterocycles. The third kappa shape index (κ3) is 3.89. The normalized spacial score (nSPS) is 11.5. The van der Waals surface area contributed by atoms with Gasteiger partial charge < -0.3 is 5.32 Å². The Kier molecular flexibility index (Phi) is 5.02. The zero-order chi connectivity index (χ0) is 22.2. The number of fused-ring (bicyclic) bond motifs is 1. The van der Waals surface area contributed by atoms with Crippen LogP contribution < -0.4 is 10.9 Å². The van der Waals surface area contributed by atoms with Crippen molar-refractivity contribution in [2.45, 2.75) is 13.1 Å². The molecule has 0 aliphatic heterocycles. The second kappa shape index (κ2) is 7.67. The second-order valence-electron chi connectivity index (χ2n) is 6.72. The molecule has 0 fully saturated rings. The van der Waals surface area contributed by atoms with E-state index in [9.17, 15) is 22.8 Å². The van der Waals surface area contributed by atoms with E-state index in [0.717, 1.165) is 12.1 Å². The van der Waals surface area contributed by atoms with Gasteiger partial charge in [0.15, 0.2) is 5.65 Å². The number of benzene rings is 2. The Balaban J connectivity index is 1.64. The number of halogens is 3. The van der Waals surface area contributed by atoms with Crippen LogP contribution in [-0.2, 0) is 6.18 Å². The van der Waals surface area contributed by atoms with E-state index < -0.39 is 23.2 Å². The average molecular weight is 424 g/mol. The van der Waals surface area contributed by atoms with E-state index in [0.29, 0.717) is 22.5 Å². The number of anilines is 1. The Morgan fingerprint density at radius 3 is 2.42 bits per heavy atom. The summed E-state index contributed by atoms with van der Waals surface area (Å²) in [6.07, 6.45) is -3.10. The maximum absolute atomic E-state index is 13.2. The minimum atomic E-state index is -4.64. The molecule has 2 aromatic heterocycles. The SMILES string of the molecule is Cc1nc2ncccc2c(=O)n1-c1ccc(NC(=O)c2ccccc2C(F)(F)F)cc1. The first-order valence-electron chi connectivity index (χ1n) is 9.18. The minimum absolute atomic E-state index is 0.284.